The maximum atomic E-state index is 12.1. The topological polar surface area (TPSA) is 68.3 Å². The zero-order valence-electron chi connectivity index (χ0n) is 10.9. The molecule has 2 unspecified atom stereocenters. The van der Waals surface area contributed by atoms with Crippen molar-refractivity contribution in [2.45, 2.75) is 39.2 Å². The molecule has 0 aliphatic heterocycles. The normalized spacial score (nSPS) is 22.6. The summed E-state index contributed by atoms with van der Waals surface area (Å²) in [5, 5.41) is 3.04. The van der Waals surface area contributed by atoms with Crippen molar-refractivity contribution in [1.82, 2.24) is 5.32 Å². The molecular formula is C13H21ClN2O2. The highest BCUT2D eigenvalue weighted by Crippen LogP contribution is 2.25. The van der Waals surface area contributed by atoms with E-state index in [-0.39, 0.29) is 24.4 Å². The molecule has 102 valence electrons. The number of nitrogens with two attached hydrogens (primary N) is 1. The standard InChI is InChI=1S/C13H20N2O2.ClH/c1-8-6-9(2)17-12(8)13(16)15-11-5-3-4-10(11)7-14;/h6,10-11H,3-5,7,14H2,1-2H3,(H,15,16);1H. The van der Waals surface area contributed by atoms with E-state index in [0.717, 1.165) is 30.6 Å². The van der Waals surface area contributed by atoms with Crippen molar-refractivity contribution in [1.29, 1.82) is 0 Å². The van der Waals surface area contributed by atoms with E-state index >= 15 is 0 Å². The number of halogens is 1. The molecule has 0 spiro atoms. The molecular weight excluding hydrogens is 252 g/mol. The number of carbonyl (C=O) groups is 1. The lowest BCUT2D eigenvalue weighted by Crippen LogP contribution is -2.39. The zero-order valence-corrected chi connectivity index (χ0v) is 11.7. The summed E-state index contributed by atoms with van der Waals surface area (Å²) in [5.41, 5.74) is 6.59. The van der Waals surface area contributed by atoms with Crippen LogP contribution in [0, 0.1) is 19.8 Å². The van der Waals surface area contributed by atoms with Crippen LogP contribution < -0.4 is 11.1 Å². The zero-order chi connectivity index (χ0) is 12.4. The molecule has 2 rings (SSSR count). The number of rotatable bonds is 3. The van der Waals surface area contributed by atoms with Crippen molar-refractivity contribution in [2.75, 3.05) is 6.54 Å². The summed E-state index contributed by atoms with van der Waals surface area (Å²) in [6.07, 6.45) is 3.27. The van der Waals surface area contributed by atoms with Crippen LogP contribution in [0.2, 0.25) is 0 Å². The number of furan rings is 1. The minimum atomic E-state index is -0.110. The molecule has 0 bridgehead atoms. The van der Waals surface area contributed by atoms with Gasteiger partial charge in [-0.15, -0.1) is 12.4 Å². The minimum Gasteiger partial charge on any atom is -0.456 e. The number of amides is 1. The van der Waals surface area contributed by atoms with Crippen molar-refractivity contribution in [3.63, 3.8) is 0 Å². The summed E-state index contributed by atoms with van der Waals surface area (Å²) in [5.74, 6) is 1.51. The van der Waals surface area contributed by atoms with Crippen LogP contribution in [0.1, 0.15) is 41.1 Å². The predicted molar refractivity (Wildman–Crippen MR) is 73.1 cm³/mol. The Bertz CT molecular complexity index is 417. The second-order valence-corrected chi connectivity index (χ2v) is 4.88. The first kappa shape index (κ1) is 15.1. The molecule has 2 atom stereocenters. The van der Waals surface area contributed by atoms with Gasteiger partial charge in [0.25, 0.3) is 5.91 Å². The van der Waals surface area contributed by atoms with Crippen molar-refractivity contribution in [3.8, 4) is 0 Å². The summed E-state index contributed by atoms with van der Waals surface area (Å²) in [6, 6.07) is 2.08. The highest BCUT2D eigenvalue weighted by atomic mass is 35.5. The SMILES string of the molecule is Cc1cc(C)c(C(=O)NC2CCCC2CN)o1.Cl. The summed E-state index contributed by atoms with van der Waals surface area (Å²) in [4.78, 5) is 12.1. The minimum absolute atomic E-state index is 0. The fourth-order valence-corrected chi connectivity index (χ4v) is 2.61. The quantitative estimate of drug-likeness (QED) is 0.886. The van der Waals surface area contributed by atoms with Crippen molar-refractivity contribution >= 4 is 18.3 Å². The smallest absolute Gasteiger partial charge is 0.287 e. The fourth-order valence-electron chi connectivity index (χ4n) is 2.61. The van der Waals surface area contributed by atoms with Gasteiger partial charge in [-0.25, -0.2) is 0 Å². The van der Waals surface area contributed by atoms with Crippen LogP contribution in [0.3, 0.4) is 0 Å². The van der Waals surface area contributed by atoms with Crippen molar-refractivity contribution in [3.05, 3.63) is 23.2 Å². The molecule has 1 aliphatic carbocycles. The monoisotopic (exact) mass is 272 g/mol. The second kappa shape index (κ2) is 6.25. The van der Waals surface area contributed by atoms with E-state index in [1.54, 1.807) is 0 Å². The molecule has 1 aromatic heterocycles. The van der Waals surface area contributed by atoms with Gasteiger partial charge in [-0.05, 0) is 45.2 Å². The molecule has 1 fully saturated rings. The van der Waals surface area contributed by atoms with Gasteiger partial charge in [0.15, 0.2) is 5.76 Å². The van der Waals surface area contributed by atoms with E-state index in [1.807, 2.05) is 19.9 Å². The largest absolute Gasteiger partial charge is 0.456 e. The van der Waals surface area contributed by atoms with Gasteiger partial charge in [0.05, 0.1) is 0 Å². The third-order valence-electron chi connectivity index (χ3n) is 3.53. The molecule has 1 heterocycles. The number of aryl methyl sites for hydroxylation is 2. The molecule has 1 saturated carbocycles. The first-order chi connectivity index (χ1) is 8.11. The third-order valence-corrected chi connectivity index (χ3v) is 3.53. The van der Waals surface area contributed by atoms with Gasteiger partial charge in [0.2, 0.25) is 0 Å². The van der Waals surface area contributed by atoms with Gasteiger partial charge < -0.3 is 15.5 Å². The maximum Gasteiger partial charge on any atom is 0.287 e. The number of nitrogens with one attached hydrogen (secondary N) is 1. The Morgan fingerprint density at radius 3 is 2.78 bits per heavy atom. The predicted octanol–water partition coefficient (Wildman–Crippen LogP) is 2.18. The number of hydrogen-bond donors (Lipinski definition) is 2. The first-order valence-corrected chi connectivity index (χ1v) is 6.19. The molecule has 5 heteroatoms. The lowest BCUT2D eigenvalue weighted by Gasteiger charge is -2.18. The van der Waals surface area contributed by atoms with Crippen LogP contribution in [0.4, 0.5) is 0 Å². The Hall–Kier alpha value is -1.00. The van der Waals surface area contributed by atoms with Crippen LogP contribution in [0.5, 0.6) is 0 Å². The Morgan fingerprint density at radius 1 is 1.50 bits per heavy atom. The van der Waals surface area contributed by atoms with Gasteiger partial charge in [0.1, 0.15) is 5.76 Å². The van der Waals surface area contributed by atoms with Gasteiger partial charge in [-0.1, -0.05) is 6.42 Å². The summed E-state index contributed by atoms with van der Waals surface area (Å²) in [7, 11) is 0. The van der Waals surface area contributed by atoms with E-state index in [0.29, 0.717) is 18.2 Å². The lowest BCUT2D eigenvalue weighted by molar-refractivity contribution is 0.0898. The summed E-state index contributed by atoms with van der Waals surface area (Å²) < 4.78 is 5.41. The Morgan fingerprint density at radius 2 is 2.22 bits per heavy atom. The third kappa shape index (κ3) is 3.06. The number of hydrogen-bond acceptors (Lipinski definition) is 3. The van der Waals surface area contributed by atoms with Gasteiger partial charge in [-0.2, -0.15) is 0 Å². The van der Waals surface area contributed by atoms with Gasteiger partial charge >= 0.3 is 0 Å². The molecule has 0 aromatic carbocycles. The molecule has 0 radical (unpaired) electrons. The van der Waals surface area contributed by atoms with E-state index in [2.05, 4.69) is 5.32 Å². The highest BCUT2D eigenvalue weighted by molar-refractivity contribution is 5.93. The molecule has 4 nitrogen and oxygen atoms in total. The molecule has 18 heavy (non-hydrogen) atoms. The molecule has 1 aromatic rings. The Balaban J connectivity index is 0.00000162. The van der Waals surface area contributed by atoms with Crippen LogP contribution in [0.25, 0.3) is 0 Å². The average molecular weight is 273 g/mol. The highest BCUT2D eigenvalue weighted by Gasteiger charge is 2.28. The van der Waals surface area contributed by atoms with Crippen LogP contribution in [-0.2, 0) is 0 Å². The maximum absolute atomic E-state index is 12.1. The lowest BCUT2D eigenvalue weighted by atomic mass is 10.0. The first-order valence-electron chi connectivity index (χ1n) is 6.19. The van der Waals surface area contributed by atoms with Crippen molar-refractivity contribution < 1.29 is 9.21 Å². The van der Waals surface area contributed by atoms with E-state index in [9.17, 15) is 4.79 Å². The molecule has 1 amide bonds. The van der Waals surface area contributed by atoms with Crippen LogP contribution in [0.15, 0.2) is 10.5 Å². The molecule has 1 aliphatic rings. The van der Waals surface area contributed by atoms with Crippen LogP contribution in [-0.4, -0.2) is 18.5 Å². The second-order valence-electron chi connectivity index (χ2n) is 4.88. The Labute approximate surface area is 114 Å². The summed E-state index contributed by atoms with van der Waals surface area (Å²) >= 11 is 0. The van der Waals surface area contributed by atoms with E-state index in [1.165, 1.54) is 0 Å². The Kier molecular flexibility index (Phi) is 5.23. The van der Waals surface area contributed by atoms with Gasteiger partial charge in [-0.3, -0.25) is 4.79 Å². The summed E-state index contributed by atoms with van der Waals surface area (Å²) in [6.45, 7) is 4.38. The van der Waals surface area contributed by atoms with Crippen LogP contribution >= 0.6 is 12.4 Å². The van der Waals surface area contributed by atoms with Gasteiger partial charge in [0, 0.05) is 11.6 Å². The van der Waals surface area contributed by atoms with E-state index < -0.39 is 0 Å². The molecule has 3 N–H and O–H groups in total. The van der Waals surface area contributed by atoms with E-state index in [4.69, 9.17) is 10.2 Å². The number of carbonyl (C=O) groups excluding carboxylic acids is 1. The molecule has 0 saturated heterocycles. The van der Waals surface area contributed by atoms with Crippen molar-refractivity contribution in [2.24, 2.45) is 11.7 Å². The fraction of sp³-hybridized carbons (Fsp3) is 0.615. The average Bonchev–Trinajstić information content (AvgIpc) is 2.84.